The fraction of sp³-hybridized carbons (Fsp3) is 0.474. The van der Waals surface area contributed by atoms with Crippen LogP contribution in [-0.4, -0.2) is 37.1 Å². The Kier molecular flexibility index (Phi) is 4.59. The summed E-state index contributed by atoms with van der Waals surface area (Å²) in [6.45, 7) is 5.74. The zero-order chi connectivity index (χ0) is 20.9. The van der Waals surface area contributed by atoms with Crippen molar-refractivity contribution < 1.29 is 22.5 Å². The lowest BCUT2D eigenvalue weighted by atomic mass is 10.1. The molecule has 1 aliphatic heterocycles. The minimum absolute atomic E-state index is 0.106. The molecule has 0 spiro atoms. The molecule has 10 heteroatoms. The van der Waals surface area contributed by atoms with Crippen LogP contribution < -0.4 is 0 Å². The second kappa shape index (κ2) is 6.85. The Morgan fingerprint density at radius 1 is 1.28 bits per heavy atom. The van der Waals surface area contributed by atoms with Gasteiger partial charge in [-0.2, -0.15) is 18.3 Å². The molecule has 0 aromatic carbocycles. The summed E-state index contributed by atoms with van der Waals surface area (Å²) in [5.74, 6) is -0.412. The van der Waals surface area contributed by atoms with Gasteiger partial charge in [0.05, 0.1) is 17.4 Å². The average molecular weight is 407 g/mol. The minimum Gasteiger partial charge on any atom is -0.351 e. The molecule has 1 fully saturated rings. The smallest absolute Gasteiger partial charge is 0.351 e. The highest BCUT2D eigenvalue weighted by Crippen LogP contribution is 2.35. The largest absolute Gasteiger partial charge is 0.433 e. The van der Waals surface area contributed by atoms with Crippen LogP contribution in [0.4, 0.5) is 13.2 Å². The van der Waals surface area contributed by atoms with Crippen molar-refractivity contribution in [1.29, 1.82) is 0 Å². The summed E-state index contributed by atoms with van der Waals surface area (Å²) in [6.07, 6.45) is -3.26. The first-order valence-corrected chi connectivity index (χ1v) is 9.37. The summed E-state index contributed by atoms with van der Waals surface area (Å²) in [5.41, 5.74) is 0.545. The van der Waals surface area contributed by atoms with Crippen LogP contribution in [0.25, 0.3) is 5.65 Å². The van der Waals surface area contributed by atoms with Crippen molar-refractivity contribution in [2.24, 2.45) is 0 Å². The SMILES string of the molecule is Cc1cc(C(=O)N2CCC[C@H]2c2cc3nc(C(C)C)cc(C(F)(F)F)n3n2)on1. The number of aromatic nitrogens is 4. The van der Waals surface area contributed by atoms with Crippen LogP contribution in [0.3, 0.4) is 0 Å². The van der Waals surface area contributed by atoms with Crippen molar-refractivity contribution >= 4 is 11.6 Å². The topological polar surface area (TPSA) is 76.5 Å². The van der Waals surface area contributed by atoms with E-state index in [1.165, 1.54) is 6.07 Å². The van der Waals surface area contributed by atoms with Crippen LogP contribution in [0.1, 0.15) is 72.0 Å². The van der Waals surface area contributed by atoms with Crippen molar-refractivity contribution in [3.8, 4) is 0 Å². The van der Waals surface area contributed by atoms with Gasteiger partial charge in [0.2, 0.25) is 5.76 Å². The number of amides is 1. The number of hydrogen-bond acceptors (Lipinski definition) is 5. The van der Waals surface area contributed by atoms with Crippen molar-refractivity contribution in [3.05, 3.63) is 46.7 Å². The highest BCUT2D eigenvalue weighted by molar-refractivity contribution is 5.92. The Labute approximate surface area is 164 Å². The lowest BCUT2D eigenvalue weighted by Crippen LogP contribution is -2.30. The number of alkyl halides is 3. The maximum atomic E-state index is 13.6. The van der Waals surface area contributed by atoms with Crippen molar-refractivity contribution in [2.75, 3.05) is 6.54 Å². The predicted molar refractivity (Wildman–Crippen MR) is 96.3 cm³/mol. The lowest BCUT2D eigenvalue weighted by molar-refractivity contribution is -0.142. The first-order chi connectivity index (χ1) is 13.6. The molecule has 4 rings (SSSR count). The summed E-state index contributed by atoms with van der Waals surface area (Å²) >= 11 is 0. The molecule has 1 atom stereocenters. The number of carbonyl (C=O) groups excluding carboxylic acids is 1. The molecule has 4 heterocycles. The van der Waals surface area contributed by atoms with Crippen LogP contribution in [0.15, 0.2) is 22.7 Å². The molecule has 1 amide bonds. The van der Waals surface area contributed by atoms with Crippen LogP contribution in [-0.2, 0) is 6.18 Å². The molecule has 1 aliphatic rings. The summed E-state index contributed by atoms with van der Waals surface area (Å²) < 4.78 is 46.7. The molecule has 0 saturated carbocycles. The quantitative estimate of drug-likeness (QED) is 0.652. The van der Waals surface area contributed by atoms with Crippen LogP contribution >= 0.6 is 0 Å². The molecule has 0 aliphatic carbocycles. The van der Waals surface area contributed by atoms with Crippen LogP contribution in [0.2, 0.25) is 0 Å². The summed E-state index contributed by atoms with van der Waals surface area (Å²) in [6, 6.07) is 3.66. The third kappa shape index (κ3) is 3.47. The van der Waals surface area contributed by atoms with Gasteiger partial charge in [-0.05, 0) is 31.7 Å². The predicted octanol–water partition coefficient (Wildman–Crippen LogP) is 4.15. The Balaban J connectivity index is 1.76. The van der Waals surface area contributed by atoms with Crippen LogP contribution in [0.5, 0.6) is 0 Å². The van der Waals surface area contributed by atoms with Crippen LogP contribution in [0, 0.1) is 6.92 Å². The van der Waals surface area contributed by atoms with Gasteiger partial charge in [-0.25, -0.2) is 9.50 Å². The standard InChI is InChI=1S/C19H20F3N5O2/c1-10(2)12-8-16(19(20,21)22)27-17(23-12)9-13(24-27)14-5-4-6-26(14)18(28)15-7-11(3)25-29-15/h7-10,14H,4-6H2,1-3H3/t14-/m0/s1. The molecular formula is C19H20F3N5O2. The van der Waals surface area contributed by atoms with E-state index in [-0.39, 0.29) is 23.2 Å². The second-order valence-corrected chi connectivity index (χ2v) is 7.55. The molecule has 0 radical (unpaired) electrons. The van der Waals surface area contributed by atoms with Gasteiger partial charge in [0.1, 0.15) is 5.69 Å². The maximum absolute atomic E-state index is 13.6. The van der Waals surface area contributed by atoms with Gasteiger partial charge < -0.3 is 9.42 Å². The lowest BCUT2D eigenvalue weighted by Gasteiger charge is -2.21. The zero-order valence-corrected chi connectivity index (χ0v) is 16.2. The number of aryl methyl sites for hydroxylation is 1. The Morgan fingerprint density at radius 2 is 2.03 bits per heavy atom. The van der Waals surface area contributed by atoms with E-state index < -0.39 is 17.9 Å². The van der Waals surface area contributed by atoms with Gasteiger partial charge in [0.25, 0.3) is 5.91 Å². The fourth-order valence-electron chi connectivity index (χ4n) is 3.60. The molecule has 0 N–H and O–H groups in total. The van der Waals surface area contributed by atoms with E-state index in [2.05, 4.69) is 15.2 Å². The fourth-order valence-corrected chi connectivity index (χ4v) is 3.60. The zero-order valence-electron chi connectivity index (χ0n) is 16.2. The third-order valence-corrected chi connectivity index (χ3v) is 5.04. The van der Waals surface area contributed by atoms with Gasteiger partial charge in [0, 0.05) is 24.4 Å². The van der Waals surface area contributed by atoms with Crippen molar-refractivity contribution in [3.63, 3.8) is 0 Å². The monoisotopic (exact) mass is 407 g/mol. The highest BCUT2D eigenvalue weighted by atomic mass is 19.4. The average Bonchev–Trinajstić information content (AvgIpc) is 3.37. The maximum Gasteiger partial charge on any atom is 0.433 e. The van der Waals surface area contributed by atoms with E-state index in [9.17, 15) is 18.0 Å². The summed E-state index contributed by atoms with van der Waals surface area (Å²) in [5, 5.41) is 7.92. The van der Waals surface area contributed by atoms with E-state index in [0.29, 0.717) is 36.5 Å². The molecule has 3 aromatic heterocycles. The Bertz CT molecular complexity index is 1070. The number of hydrogen-bond donors (Lipinski definition) is 0. The van der Waals surface area contributed by atoms with E-state index in [4.69, 9.17) is 4.52 Å². The summed E-state index contributed by atoms with van der Waals surface area (Å²) in [4.78, 5) is 18.7. The first-order valence-electron chi connectivity index (χ1n) is 9.37. The Hall–Kier alpha value is -2.91. The number of carbonyl (C=O) groups is 1. The molecule has 0 bridgehead atoms. The van der Waals surface area contributed by atoms with Gasteiger partial charge >= 0.3 is 6.18 Å². The number of rotatable bonds is 3. The van der Waals surface area contributed by atoms with Gasteiger partial charge in [0.15, 0.2) is 5.65 Å². The number of likely N-dealkylation sites (tertiary alicyclic amines) is 1. The first kappa shape index (κ1) is 19.4. The molecule has 1 saturated heterocycles. The molecular weight excluding hydrogens is 387 g/mol. The van der Waals surface area contributed by atoms with Gasteiger partial charge in [-0.3, -0.25) is 4.79 Å². The normalized spacial score (nSPS) is 17.6. The second-order valence-electron chi connectivity index (χ2n) is 7.55. The van der Waals surface area contributed by atoms with Gasteiger partial charge in [-0.15, -0.1) is 0 Å². The minimum atomic E-state index is -4.57. The molecule has 29 heavy (non-hydrogen) atoms. The van der Waals surface area contributed by atoms with Gasteiger partial charge in [-0.1, -0.05) is 19.0 Å². The van der Waals surface area contributed by atoms with Crippen molar-refractivity contribution in [1.82, 2.24) is 24.7 Å². The number of halogens is 3. The Morgan fingerprint density at radius 3 is 2.66 bits per heavy atom. The molecule has 7 nitrogen and oxygen atoms in total. The van der Waals surface area contributed by atoms with E-state index >= 15 is 0 Å². The van der Waals surface area contributed by atoms with E-state index in [0.717, 1.165) is 10.6 Å². The van der Waals surface area contributed by atoms with Crippen molar-refractivity contribution in [2.45, 2.75) is 51.7 Å². The number of nitrogens with zero attached hydrogens (tertiary/aromatic N) is 5. The molecule has 3 aromatic rings. The van der Waals surface area contributed by atoms with E-state index in [1.807, 2.05) is 0 Å². The number of fused-ring (bicyclic) bond motifs is 1. The summed E-state index contributed by atoms with van der Waals surface area (Å²) in [7, 11) is 0. The third-order valence-electron chi connectivity index (χ3n) is 5.04. The van der Waals surface area contributed by atoms with E-state index in [1.54, 1.807) is 31.7 Å². The molecule has 0 unspecified atom stereocenters. The highest BCUT2D eigenvalue weighted by Gasteiger charge is 2.38. The molecule has 154 valence electrons.